The molecule has 106 valence electrons. The van der Waals surface area contributed by atoms with Crippen molar-refractivity contribution in [2.24, 2.45) is 0 Å². The molecule has 0 aromatic carbocycles. The molecule has 0 aliphatic rings. The molecule has 1 aromatic rings. The van der Waals surface area contributed by atoms with E-state index in [0.717, 1.165) is 6.07 Å². The Kier molecular flexibility index (Phi) is 5.37. The molecule has 0 fully saturated rings. The van der Waals surface area contributed by atoms with E-state index in [0.29, 0.717) is 11.3 Å². The number of halogens is 5. The van der Waals surface area contributed by atoms with Gasteiger partial charge in [-0.2, -0.15) is 13.2 Å². The Labute approximate surface area is 117 Å². The zero-order chi connectivity index (χ0) is 14.6. The fraction of sp³-hybridized carbons (Fsp3) is 0.500. The number of alkyl halides is 3. The maximum atomic E-state index is 12.4. The predicted octanol–water partition coefficient (Wildman–Crippen LogP) is 3.20. The van der Waals surface area contributed by atoms with Gasteiger partial charge in [-0.15, -0.1) is 10.2 Å². The van der Waals surface area contributed by atoms with Gasteiger partial charge in [-0.1, -0.05) is 30.1 Å². The molecule has 1 amide bonds. The van der Waals surface area contributed by atoms with Gasteiger partial charge < -0.3 is 4.90 Å². The molecular weight excluding hydrogens is 306 g/mol. The van der Waals surface area contributed by atoms with Crippen molar-refractivity contribution in [1.29, 1.82) is 0 Å². The third kappa shape index (κ3) is 4.83. The van der Waals surface area contributed by atoms with E-state index in [2.05, 4.69) is 10.2 Å². The minimum atomic E-state index is -4.48. The van der Waals surface area contributed by atoms with Crippen LogP contribution in [0.15, 0.2) is 6.07 Å². The summed E-state index contributed by atoms with van der Waals surface area (Å²) in [5, 5.41) is 6.39. The highest BCUT2D eigenvalue weighted by molar-refractivity contribution is 6.34. The molecule has 4 nitrogen and oxygen atoms in total. The van der Waals surface area contributed by atoms with Gasteiger partial charge in [-0.05, 0) is 12.5 Å². The molecule has 0 bridgehead atoms. The number of hydrogen-bond donors (Lipinski definition) is 0. The molecule has 1 heterocycles. The SMILES string of the molecule is CCCN(CC(F)(F)F)C(=O)c1cc(Cl)nnc1Cl. The minimum absolute atomic E-state index is 0.0470. The van der Waals surface area contributed by atoms with Gasteiger partial charge >= 0.3 is 6.18 Å². The van der Waals surface area contributed by atoms with Gasteiger partial charge in [0, 0.05) is 6.54 Å². The first kappa shape index (κ1) is 16.0. The van der Waals surface area contributed by atoms with Crippen LogP contribution < -0.4 is 0 Å². The van der Waals surface area contributed by atoms with E-state index < -0.39 is 18.6 Å². The van der Waals surface area contributed by atoms with Crippen molar-refractivity contribution >= 4 is 29.1 Å². The van der Waals surface area contributed by atoms with E-state index in [-0.39, 0.29) is 22.4 Å². The summed E-state index contributed by atoms with van der Waals surface area (Å²) >= 11 is 11.2. The molecule has 0 aliphatic heterocycles. The van der Waals surface area contributed by atoms with Gasteiger partial charge in [0.15, 0.2) is 10.3 Å². The first-order valence-corrected chi connectivity index (χ1v) is 6.05. The molecule has 0 N–H and O–H groups in total. The molecule has 0 saturated heterocycles. The van der Waals surface area contributed by atoms with E-state index in [4.69, 9.17) is 23.2 Å². The van der Waals surface area contributed by atoms with Crippen molar-refractivity contribution < 1.29 is 18.0 Å². The summed E-state index contributed by atoms with van der Waals surface area (Å²) in [7, 11) is 0. The van der Waals surface area contributed by atoms with Crippen molar-refractivity contribution in [1.82, 2.24) is 15.1 Å². The normalized spacial score (nSPS) is 11.5. The Balaban J connectivity index is 3.02. The summed E-state index contributed by atoms with van der Waals surface area (Å²) in [5.74, 6) is -0.874. The lowest BCUT2D eigenvalue weighted by molar-refractivity contribution is -0.140. The van der Waals surface area contributed by atoms with Gasteiger partial charge in [0.25, 0.3) is 5.91 Å². The van der Waals surface area contributed by atoms with Crippen LogP contribution in [0.25, 0.3) is 0 Å². The first-order valence-electron chi connectivity index (χ1n) is 5.29. The quantitative estimate of drug-likeness (QED) is 0.857. The monoisotopic (exact) mass is 315 g/mol. The topological polar surface area (TPSA) is 46.1 Å². The van der Waals surface area contributed by atoms with Crippen molar-refractivity contribution in [3.63, 3.8) is 0 Å². The highest BCUT2D eigenvalue weighted by Crippen LogP contribution is 2.21. The molecular formula is C10H10Cl2F3N3O. The van der Waals surface area contributed by atoms with Crippen molar-refractivity contribution in [2.45, 2.75) is 19.5 Å². The van der Waals surface area contributed by atoms with Crippen LogP contribution in [-0.2, 0) is 0 Å². The lowest BCUT2D eigenvalue weighted by atomic mass is 10.2. The van der Waals surface area contributed by atoms with E-state index in [1.807, 2.05) is 0 Å². The highest BCUT2D eigenvalue weighted by Gasteiger charge is 2.33. The number of aromatic nitrogens is 2. The molecule has 0 unspecified atom stereocenters. The molecule has 1 aromatic heterocycles. The number of rotatable bonds is 4. The number of hydrogen-bond acceptors (Lipinski definition) is 3. The number of amides is 1. The van der Waals surface area contributed by atoms with Gasteiger partial charge in [0.1, 0.15) is 6.54 Å². The fourth-order valence-corrected chi connectivity index (χ4v) is 1.73. The zero-order valence-electron chi connectivity index (χ0n) is 9.84. The third-order valence-electron chi connectivity index (χ3n) is 2.10. The highest BCUT2D eigenvalue weighted by atomic mass is 35.5. The smallest absolute Gasteiger partial charge is 0.329 e. The molecule has 19 heavy (non-hydrogen) atoms. The second-order valence-electron chi connectivity index (χ2n) is 3.71. The van der Waals surface area contributed by atoms with Crippen molar-refractivity contribution in [3.8, 4) is 0 Å². The van der Waals surface area contributed by atoms with E-state index in [1.165, 1.54) is 0 Å². The van der Waals surface area contributed by atoms with Crippen LogP contribution in [0.5, 0.6) is 0 Å². The van der Waals surface area contributed by atoms with E-state index >= 15 is 0 Å². The maximum Gasteiger partial charge on any atom is 0.406 e. The van der Waals surface area contributed by atoms with Crippen LogP contribution in [0.1, 0.15) is 23.7 Å². The Hall–Kier alpha value is -1.08. The lowest BCUT2D eigenvalue weighted by Crippen LogP contribution is -2.39. The minimum Gasteiger partial charge on any atom is -0.329 e. The number of carbonyl (C=O) groups is 1. The fourth-order valence-electron chi connectivity index (χ4n) is 1.41. The average molecular weight is 316 g/mol. The van der Waals surface area contributed by atoms with Crippen LogP contribution in [0.3, 0.4) is 0 Å². The van der Waals surface area contributed by atoms with Crippen LogP contribution in [0.4, 0.5) is 13.2 Å². The van der Waals surface area contributed by atoms with Gasteiger partial charge in [0.05, 0.1) is 5.56 Å². The maximum absolute atomic E-state index is 12.4. The molecule has 0 aliphatic carbocycles. The van der Waals surface area contributed by atoms with Gasteiger partial charge in [-0.3, -0.25) is 4.79 Å². The Morgan fingerprint density at radius 2 is 2.00 bits per heavy atom. The summed E-state index contributed by atoms with van der Waals surface area (Å²) < 4.78 is 37.2. The molecule has 1 rings (SSSR count). The first-order chi connectivity index (χ1) is 8.74. The Morgan fingerprint density at radius 1 is 1.37 bits per heavy atom. The molecule has 0 atom stereocenters. The summed E-state index contributed by atoms with van der Waals surface area (Å²) in [5.41, 5.74) is -0.195. The van der Waals surface area contributed by atoms with Crippen molar-refractivity contribution in [3.05, 3.63) is 21.9 Å². The summed E-state index contributed by atoms with van der Waals surface area (Å²) in [4.78, 5) is 12.7. The Morgan fingerprint density at radius 3 is 2.53 bits per heavy atom. The second kappa shape index (κ2) is 6.38. The predicted molar refractivity (Wildman–Crippen MR) is 64.3 cm³/mol. The zero-order valence-corrected chi connectivity index (χ0v) is 11.4. The third-order valence-corrected chi connectivity index (χ3v) is 2.56. The lowest BCUT2D eigenvalue weighted by Gasteiger charge is -2.23. The molecule has 0 radical (unpaired) electrons. The van der Waals surface area contributed by atoms with Crippen LogP contribution in [0.2, 0.25) is 10.3 Å². The molecule has 9 heteroatoms. The average Bonchev–Trinajstić information content (AvgIpc) is 2.29. The van der Waals surface area contributed by atoms with Crippen LogP contribution in [0, 0.1) is 0 Å². The van der Waals surface area contributed by atoms with Crippen LogP contribution >= 0.6 is 23.2 Å². The number of nitrogens with zero attached hydrogens (tertiary/aromatic N) is 3. The molecule has 0 saturated carbocycles. The molecule has 0 spiro atoms. The largest absolute Gasteiger partial charge is 0.406 e. The summed E-state index contributed by atoms with van der Waals surface area (Å²) in [6.45, 7) is 0.264. The summed E-state index contributed by atoms with van der Waals surface area (Å²) in [6, 6.07) is 1.10. The van der Waals surface area contributed by atoms with E-state index in [1.54, 1.807) is 6.92 Å². The van der Waals surface area contributed by atoms with Gasteiger partial charge in [0.2, 0.25) is 0 Å². The van der Waals surface area contributed by atoms with Crippen molar-refractivity contribution in [2.75, 3.05) is 13.1 Å². The Bertz CT molecular complexity index is 468. The summed E-state index contributed by atoms with van der Waals surface area (Å²) in [6.07, 6.45) is -4.10. The standard InChI is InChI=1S/C10H10Cl2F3N3O/c1-2-3-18(5-10(13,14)15)9(19)6-4-7(11)16-17-8(6)12/h4H,2-3,5H2,1H3. The van der Waals surface area contributed by atoms with Gasteiger partial charge in [-0.25, -0.2) is 0 Å². The van der Waals surface area contributed by atoms with Crippen LogP contribution in [-0.4, -0.2) is 40.3 Å². The second-order valence-corrected chi connectivity index (χ2v) is 4.46. The number of carbonyl (C=O) groups excluding carboxylic acids is 1. The van der Waals surface area contributed by atoms with E-state index in [9.17, 15) is 18.0 Å².